The summed E-state index contributed by atoms with van der Waals surface area (Å²) in [6, 6.07) is 0.564. The van der Waals surface area contributed by atoms with Crippen LogP contribution >= 0.6 is 11.3 Å². The van der Waals surface area contributed by atoms with Gasteiger partial charge in [-0.15, -0.1) is 0 Å². The minimum Gasteiger partial charge on any atom is -0.348 e. The van der Waals surface area contributed by atoms with E-state index in [0.717, 1.165) is 12.5 Å². The van der Waals surface area contributed by atoms with Crippen molar-refractivity contribution in [2.45, 2.75) is 64.8 Å². The lowest BCUT2D eigenvalue weighted by Gasteiger charge is -2.22. The van der Waals surface area contributed by atoms with Crippen molar-refractivity contribution in [1.29, 1.82) is 0 Å². The lowest BCUT2D eigenvalue weighted by Crippen LogP contribution is -2.24. The molecule has 2 unspecified atom stereocenters. The van der Waals surface area contributed by atoms with E-state index in [0.29, 0.717) is 6.04 Å². The van der Waals surface area contributed by atoms with Crippen LogP contribution in [0.4, 0.5) is 5.13 Å². The fraction of sp³-hybridized carbons (Fsp3) is 0.824. The summed E-state index contributed by atoms with van der Waals surface area (Å²) in [4.78, 5) is 9.06. The summed E-state index contributed by atoms with van der Waals surface area (Å²) in [6.45, 7) is 8.11. The monoisotopic (exact) mass is 307 g/mol. The van der Waals surface area contributed by atoms with Gasteiger partial charge in [0.15, 0.2) is 5.13 Å². The zero-order valence-corrected chi connectivity index (χ0v) is 14.3. The molecule has 0 aromatic carbocycles. The van der Waals surface area contributed by atoms with Crippen LogP contribution in [0.2, 0.25) is 0 Å². The Morgan fingerprint density at radius 2 is 2.19 bits per heavy atom. The predicted molar refractivity (Wildman–Crippen MR) is 91.3 cm³/mol. The van der Waals surface area contributed by atoms with Gasteiger partial charge in [-0.2, -0.15) is 0 Å². The fourth-order valence-electron chi connectivity index (χ4n) is 3.71. The number of fused-ring (bicyclic) bond motifs is 1. The Kier molecular flexibility index (Phi) is 5.17. The molecule has 1 fully saturated rings. The Morgan fingerprint density at radius 3 is 3.00 bits per heavy atom. The van der Waals surface area contributed by atoms with E-state index in [1.54, 1.807) is 0 Å². The number of hydrogen-bond acceptors (Lipinski definition) is 4. The SMILES string of the molecule is CCCNC1CCCc2nc(N3CCC(CCC)C3)sc21. The Hall–Kier alpha value is -0.610. The predicted octanol–water partition coefficient (Wildman–Crippen LogP) is 4.15. The molecular weight excluding hydrogens is 278 g/mol. The maximum atomic E-state index is 4.99. The van der Waals surface area contributed by atoms with E-state index in [9.17, 15) is 0 Å². The molecule has 3 rings (SSSR count). The van der Waals surface area contributed by atoms with Crippen molar-refractivity contribution in [3.8, 4) is 0 Å². The van der Waals surface area contributed by atoms with E-state index < -0.39 is 0 Å². The summed E-state index contributed by atoms with van der Waals surface area (Å²) in [7, 11) is 0. The summed E-state index contributed by atoms with van der Waals surface area (Å²) in [5.41, 5.74) is 1.38. The van der Waals surface area contributed by atoms with Crippen LogP contribution in [0.1, 0.15) is 69.0 Å². The first-order valence-corrected chi connectivity index (χ1v) is 9.61. The zero-order chi connectivity index (χ0) is 14.7. The molecule has 4 heteroatoms. The van der Waals surface area contributed by atoms with E-state index in [2.05, 4.69) is 24.1 Å². The molecule has 2 atom stereocenters. The maximum absolute atomic E-state index is 4.99. The highest BCUT2D eigenvalue weighted by atomic mass is 32.1. The molecular formula is C17H29N3S. The molecule has 0 spiro atoms. The molecule has 0 radical (unpaired) electrons. The van der Waals surface area contributed by atoms with Crippen molar-refractivity contribution >= 4 is 16.5 Å². The summed E-state index contributed by atoms with van der Waals surface area (Å²) in [6.07, 6.45) is 9.02. The van der Waals surface area contributed by atoms with Gasteiger partial charge in [0.2, 0.25) is 0 Å². The number of aryl methyl sites for hydroxylation is 1. The molecule has 0 saturated carbocycles. The fourth-order valence-corrected chi connectivity index (χ4v) is 4.96. The van der Waals surface area contributed by atoms with Crippen LogP contribution < -0.4 is 10.2 Å². The average molecular weight is 308 g/mol. The lowest BCUT2D eigenvalue weighted by molar-refractivity contribution is 0.464. The van der Waals surface area contributed by atoms with Gasteiger partial charge in [-0.05, 0) is 51.0 Å². The molecule has 1 aromatic rings. The summed E-state index contributed by atoms with van der Waals surface area (Å²) in [5, 5.41) is 5.01. The van der Waals surface area contributed by atoms with Crippen molar-refractivity contribution in [1.82, 2.24) is 10.3 Å². The number of rotatable bonds is 6. The topological polar surface area (TPSA) is 28.2 Å². The van der Waals surface area contributed by atoms with Crippen molar-refractivity contribution in [2.75, 3.05) is 24.5 Å². The largest absolute Gasteiger partial charge is 0.348 e. The van der Waals surface area contributed by atoms with Crippen LogP contribution in [-0.2, 0) is 6.42 Å². The van der Waals surface area contributed by atoms with E-state index in [-0.39, 0.29) is 0 Å². The average Bonchev–Trinajstić information content (AvgIpc) is 3.11. The van der Waals surface area contributed by atoms with Crippen molar-refractivity contribution < 1.29 is 0 Å². The highest BCUT2D eigenvalue weighted by Gasteiger charge is 2.28. The van der Waals surface area contributed by atoms with Gasteiger partial charge in [-0.25, -0.2) is 4.98 Å². The van der Waals surface area contributed by atoms with Gasteiger partial charge in [0.25, 0.3) is 0 Å². The molecule has 1 N–H and O–H groups in total. The maximum Gasteiger partial charge on any atom is 0.185 e. The number of nitrogens with zero attached hydrogens (tertiary/aromatic N) is 2. The van der Waals surface area contributed by atoms with Gasteiger partial charge in [0, 0.05) is 24.0 Å². The quantitative estimate of drug-likeness (QED) is 0.856. The molecule has 0 amide bonds. The third-order valence-corrected chi connectivity index (χ3v) is 6.11. The normalized spacial score (nSPS) is 25.3. The van der Waals surface area contributed by atoms with Crippen LogP contribution in [0.15, 0.2) is 0 Å². The van der Waals surface area contributed by atoms with Crippen LogP contribution in [0.5, 0.6) is 0 Å². The second kappa shape index (κ2) is 7.10. The van der Waals surface area contributed by atoms with Crippen molar-refractivity contribution in [3.63, 3.8) is 0 Å². The molecule has 21 heavy (non-hydrogen) atoms. The smallest absolute Gasteiger partial charge is 0.185 e. The first kappa shape index (κ1) is 15.3. The van der Waals surface area contributed by atoms with Gasteiger partial charge in [-0.3, -0.25) is 0 Å². The summed E-state index contributed by atoms with van der Waals surface area (Å²) < 4.78 is 0. The molecule has 0 bridgehead atoms. The Bertz CT molecular complexity index is 457. The molecule has 2 aliphatic rings. The second-order valence-electron chi connectivity index (χ2n) is 6.60. The molecule has 1 saturated heterocycles. The molecule has 1 aliphatic heterocycles. The van der Waals surface area contributed by atoms with E-state index in [1.165, 1.54) is 73.7 Å². The summed E-state index contributed by atoms with van der Waals surface area (Å²) in [5.74, 6) is 0.893. The van der Waals surface area contributed by atoms with Gasteiger partial charge in [-0.1, -0.05) is 31.6 Å². The highest BCUT2D eigenvalue weighted by molar-refractivity contribution is 7.15. The Morgan fingerprint density at radius 1 is 1.29 bits per heavy atom. The van der Waals surface area contributed by atoms with Gasteiger partial charge < -0.3 is 10.2 Å². The minimum atomic E-state index is 0.564. The Labute approximate surface area is 133 Å². The minimum absolute atomic E-state index is 0.564. The highest BCUT2D eigenvalue weighted by Crippen LogP contribution is 2.39. The molecule has 1 aliphatic carbocycles. The number of aromatic nitrogens is 1. The Balaban J connectivity index is 1.70. The first-order chi connectivity index (χ1) is 10.3. The lowest BCUT2D eigenvalue weighted by atomic mass is 9.98. The number of nitrogens with one attached hydrogen (secondary N) is 1. The number of anilines is 1. The van der Waals surface area contributed by atoms with Crippen LogP contribution in [0.25, 0.3) is 0 Å². The van der Waals surface area contributed by atoms with Crippen molar-refractivity contribution in [3.05, 3.63) is 10.6 Å². The molecule has 1 aromatic heterocycles. The van der Waals surface area contributed by atoms with E-state index in [1.807, 2.05) is 11.3 Å². The number of thiazole rings is 1. The van der Waals surface area contributed by atoms with Gasteiger partial charge in [0.1, 0.15) is 0 Å². The first-order valence-electron chi connectivity index (χ1n) is 8.79. The molecule has 3 nitrogen and oxygen atoms in total. The third-order valence-electron chi connectivity index (χ3n) is 4.83. The zero-order valence-electron chi connectivity index (χ0n) is 13.5. The number of hydrogen-bond donors (Lipinski definition) is 1. The van der Waals surface area contributed by atoms with Gasteiger partial charge >= 0.3 is 0 Å². The molecule has 118 valence electrons. The van der Waals surface area contributed by atoms with Crippen LogP contribution in [0, 0.1) is 5.92 Å². The van der Waals surface area contributed by atoms with Gasteiger partial charge in [0.05, 0.1) is 5.69 Å². The van der Waals surface area contributed by atoms with Crippen LogP contribution in [0.3, 0.4) is 0 Å². The second-order valence-corrected chi connectivity index (χ2v) is 7.60. The van der Waals surface area contributed by atoms with E-state index in [4.69, 9.17) is 4.98 Å². The molecule has 2 heterocycles. The van der Waals surface area contributed by atoms with Crippen molar-refractivity contribution in [2.24, 2.45) is 5.92 Å². The van der Waals surface area contributed by atoms with Crippen LogP contribution in [-0.4, -0.2) is 24.6 Å². The van der Waals surface area contributed by atoms with E-state index >= 15 is 0 Å². The summed E-state index contributed by atoms with van der Waals surface area (Å²) >= 11 is 1.96. The third kappa shape index (κ3) is 3.42. The standard InChI is InChI=1S/C17H29N3S/c1-3-6-13-9-11-20(12-13)17-19-15-8-5-7-14(16(15)21-17)18-10-4-2/h13-14,18H,3-12H2,1-2H3.